The molecule has 2 N–H and O–H groups in total. The standard InChI is InChI=1S/C9H9FN4O4/c10-8-5(2-1-3-6(8)14(17)18)9(16)7(15)4-12-13-11/h1-3,7,9,15-16H,4H2. The zero-order chi connectivity index (χ0) is 13.7. The Balaban J connectivity index is 3.05. The van der Waals surface area contributed by atoms with Crippen molar-refractivity contribution in [2.45, 2.75) is 12.2 Å². The molecule has 0 amide bonds. The number of hydrogen-bond acceptors (Lipinski definition) is 5. The third-order valence-corrected chi connectivity index (χ3v) is 2.22. The summed E-state index contributed by atoms with van der Waals surface area (Å²) in [6, 6.07) is 3.22. The molecule has 8 nitrogen and oxygen atoms in total. The first-order valence-corrected chi connectivity index (χ1v) is 4.78. The van der Waals surface area contributed by atoms with E-state index in [0.717, 1.165) is 12.1 Å². The number of azide groups is 1. The lowest BCUT2D eigenvalue weighted by Gasteiger charge is -2.16. The number of rotatable bonds is 5. The molecule has 1 rings (SSSR count). The largest absolute Gasteiger partial charge is 0.390 e. The molecular formula is C9H9FN4O4. The van der Waals surface area contributed by atoms with Crippen molar-refractivity contribution in [2.75, 3.05) is 6.54 Å². The molecule has 0 aliphatic carbocycles. The predicted octanol–water partition coefficient (Wildman–Crippen LogP) is 1.44. The highest BCUT2D eigenvalue weighted by atomic mass is 19.1. The van der Waals surface area contributed by atoms with E-state index >= 15 is 0 Å². The molecule has 0 aliphatic heterocycles. The highest BCUT2D eigenvalue weighted by Crippen LogP contribution is 2.26. The molecule has 0 bridgehead atoms. The number of aliphatic hydroxyl groups excluding tert-OH is 2. The van der Waals surface area contributed by atoms with Crippen LogP contribution in [0, 0.1) is 15.9 Å². The van der Waals surface area contributed by atoms with Gasteiger partial charge in [0.15, 0.2) is 0 Å². The Kier molecular flexibility index (Phi) is 4.55. The van der Waals surface area contributed by atoms with E-state index in [-0.39, 0.29) is 0 Å². The van der Waals surface area contributed by atoms with Crippen molar-refractivity contribution in [1.29, 1.82) is 0 Å². The molecule has 0 radical (unpaired) electrons. The van der Waals surface area contributed by atoms with Crippen molar-refractivity contribution in [3.63, 3.8) is 0 Å². The summed E-state index contributed by atoms with van der Waals surface area (Å²) in [7, 11) is 0. The Morgan fingerprint density at radius 2 is 2.22 bits per heavy atom. The number of halogens is 1. The van der Waals surface area contributed by atoms with Crippen molar-refractivity contribution in [2.24, 2.45) is 5.11 Å². The first-order valence-electron chi connectivity index (χ1n) is 4.78. The number of aliphatic hydroxyl groups is 2. The molecular weight excluding hydrogens is 247 g/mol. The second-order valence-electron chi connectivity index (χ2n) is 3.36. The second kappa shape index (κ2) is 5.92. The summed E-state index contributed by atoms with van der Waals surface area (Å²) in [6.45, 7) is -0.472. The second-order valence-corrected chi connectivity index (χ2v) is 3.36. The van der Waals surface area contributed by atoms with Crippen LogP contribution in [0.3, 0.4) is 0 Å². The summed E-state index contributed by atoms with van der Waals surface area (Å²) in [6.07, 6.45) is -3.26. The molecule has 0 fully saturated rings. The van der Waals surface area contributed by atoms with Gasteiger partial charge in [0.25, 0.3) is 0 Å². The number of benzene rings is 1. The maximum absolute atomic E-state index is 13.6. The van der Waals surface area contributed by atoms with Gasteiger partial charge in [-0.05, 0) is 5.53 Å². The lowest BCUT2D eigenvalue weighted by Crippen LogP contribution is -2.22. The molecule has 0 spiro atoms. The molecule has 0 saturated carbocycles. The van der Waals surface area contributed by atoms with Crippen molar-refractivity contribution in [3.8, 4) is 0 Å². The Bertz CT molecular complexity index is 503. The Hall–Kier alpha value is -2.22. The first kappa shape index (κ1) is 13.8. The summed E-state index contributed by atoms with van der Waals surface area (Å²) in [4.78, 5) is 11.9. The van der Waals surface area contributed by atoms with Gasteiger partial charge in [-0.3, -0.25) is 10.1 Å². The topological polar surface area (TPSA) is 132 Å². The van der Waals surface area contributed by atoms with E-state index in [4.69, 9.17) is 5.53 Å². The van der Waals surface area contributed by atoms with Crippen LogP contribution in [-0.4, -0.2) is 27.8 Å². The van der Waals surface area contributed by atoms with Gasteiger partial charge in [-0.25, -0.2) is 0 Å². The Morgan fingerprint density at radius 1 is 1.56 bits per heavy atom. The van der Waals surface area contributed by atoms with Gasteiger partial charge in [0.2, 0.25) is 5.82 Å². The van der Waals surface area contributed by atoms with Crippen LogP contribution in [0.25, 0.3) is 10.4 Å². The van der Waals surface area contributed by atoms with Gasteiger partial charge >= 0.3 is 5.69 Å². The zero-order valence-corrected chi connectivity index (χ0v) is 8.97. The highest BCUT2D eigenvalue weighted by Gasteiger charge is 2.26. The first-order chi connectivity index (χ1) is 8.49. The molecule has 18 heavy (non-hydrogen) atoms. The van der Waals surface area contributed by atoms with Crippen molar-refractivity contribution in [3.05, 3.63) is 50.1 Å². The fourth-order valence-electron chi connectivity index (χ4n) is 1.33. The third kappa shape index (κ3) is 2.92. The normalized spacial score (nSPS) is 13.5. The minimum Gasteiger partial charge on any atom is -0.390 e. The van der Waals surface area contributed by atoms with E-state index in [0.29, 0.717) is 0 Å². The van der Waals surface area contributed by atoms with Crippen molar-refractivity contribution < 1.29 is 19.5 Å². The number of hydrogen-bond donors (Lipinski definition) is 2. The molecule has 0 heterocycles. The molecule has 0 saturated heterocycles. The molecule has 96 valence electrons. The van der Waals surface area contributed by atoms with Crippen LogP contribution in [-0.2, 0) is 0 Å². The van der Waals surface area contributed by atoms with E-state index in [2.05, 4.69) is 10.0 Å². The lowest BCUT2D eigenvalue weighted by atomic mass is 10.0. The monoisotopic (exact) mass is 256 g/mol. The van der Waals surface area contributed by atoms with Gasteiger partial charge in [0, 0.05) is 16.5 Å². The minimum atomic E-state index is -1.71. The van der Waals surface area contributed by atoms with Gasteiger partial charge < -0.3 is 10.2 Å². The minimum absolute atomic E-state index is 0.426. The average Bonchev–Trinajstić information content (AvgIpc) is 2.35. The van der Waals surface area contributed by atoms with Gasteiger partial charge in [-0.2, -0.15) is 4.39 Å². The molecule has 0 aliphatic rings. The summed E-state index contributed by atoms with van der Waals surface area (Å²) in [5, 5.41) is 32.5. The van der Waals surface area contributed by atoms with E-state index in [1.165, 1.54) is 6.07 Å². The smallest absolute Gasteiger partial charge is 0.305 e. The van der Waals surface area contributed by atoms with Crippen LogP contribution < -0.4 is 0 Å². The highest BCUT2D eigenvalue weighted by molar-refractivity contribution is 5.38. The lowest BCUT2D eigenvalue weighted by molar-refractivity contribution is -0.387. The third-order valence-electron chi connectivity index (χ3n) is 2.22. The van der Waals surface area contributed by atoms with Crippen LogP contribution >= 0.6 is 0 Å². The zero-order valence-electron chi connectivity index (χ0n) is 8.97. The molecule has 2 unspecified atom stereocenters. The molecule has 9 heteroatoms. The molecule has 1 aromatic carbocycles. The SMILES string of the molecule is [N-]=[N+]=NCC(O)C(O)c1cccc([N+](=O)[O-])c1F. The van der Waals surface area contributed by atoms with Crippen LogP contribution in [0.5, 0.6) is 0 Å². The van der Waals surface area contributed by atoms with Gasteiger partial charge in [-0.15, -0.1) is 0 Å². The number of nitro benzene ring substituents is 1. The van der Waals surface area contributed by atoms with E-state index in [1.54, 1.807) is 0 Å². The van der Waals surface area contributed by atoms with Crippen LogP contribution in [0.15, 0.2) is 23.3 Å². The van der Waals surface area contributed by atoms with Gasteiger partial charge in [0.05, 0.1) is 17.6 Å². The Morgan fingerprint density at radius 3 is 2.78 bits per heavy atom. The Labute approximate surface area is 100 Å². The summed E-state index contributed by atoms with van der Waals surface area (Å²) >= 11 is 0. The van der Waals surface area contributed by atoms with E-state index in [9.17, 15) is 24.7 Å². The molecule has 2 atom stereocenters. The summed E-state index contributed by atoms with van der Waals surface area (Å²) < 4.78 is 13.6. The van der Waals surface area contributed by atoms with Crippen LogP contribution in [0.4, 0.5) is 10.1 Å². The maximum atomic E-state index is 13.6. The fraction of sp³-hybridized carbons (Fsp3) is 0.333. The summed E-state index contributed by atoms with van der Waals surface area (Å²) in [5.41, 5.74) is 6.81. The van der Waals surface area contributed by atoms with Crippen LogP contribution in [0.2, 0.25) is 0 Å². The van der Waals surface area contributed by atoms with Crippen LogP contribution in [0.1, 0.15) is 11.7 Å². The van der Waals surface area contributed by atoms with Crippen molar-refractivity contribution >= 4 is 5.69 Å². The average molecular weight is 256 g/mol. The molecule has 1 aromatic rings. The fourth-order valence-corrected chi connectivity index (χ4v) is 1.33. The van der Waals surface area contributed by atoms with Gasteiger partial charge in [0.1, 0.15) is 6.10 Å². The maximum Gasteiger partial charge on any atom is 0.305 e. The quantitative estimate of drug-likeness (QED) is 0.271. The number of nitro groups is 1. The van der Waals surface area contributed by atoms with Crippen molar-refractivity contribution in [1.82, 2.24) is 0 Å². The predicted molar refractivity (Wildman–Crippen MR) is 58.0 cm³/mol. The molecule has 0 aromatic heterocycles. The van der Waals surface area contributed by atoms with E-state index in [1.807, 2.05) is 0 Å². The summed E-state index contributed by atoms with van der Waals surface area (Å²) in [5.74, 6) is -1.23. The van der Waals surface area contributed by atoms with Gasteiger partial charge in [-0.1, -0.05) is 17.2 Å². The van der Waals surface area contributed by atoms with E-state index < -0.39 is 40.7 Å². The number of nitrogens with zero attached hydrogens (tertiary/aromatic N) is 4.